The number of carbonyl (C=O) groups is 2. The van der Waals surface area contributed by atoms with Crippen LogP contribution in [0.1, 0.15) is 44.1 Å². The van der Waals surface area contributed by atoms with Gasteiger partial charge in [-0.25, -0.2) is 4.39 Å². The summed E-state index contributed by atoms with van der Waals surface area (Å²) in [5.74, 6) is -1.25. The van der Waals surface area contributed by atoms with Gasteiger partial charge in [0.25, 0.3) is 0 Å². The Hall–Kier alpha value is -1.95. The van der Waals surface area contributed by atoms with Crippen molar-refractivity contribution in [1.29, 1.82) is 0 Å². The molecule has 2 aliphatic rings. The lowest BCUT2D eigenvalue weighted by Gasteiger charge is -2.30. The van der Waals surface area contributed by atoms with Gasteiger partial charge in [-0.2, -0.15) is 0 Å². The number of benzene rings is 1. The number of likely N-dealkylation sites (tertiary alicyclic amines) is 1. The molecule has 0 spiro atoms. The largest absolute Gasteiger partial charge is 0.480 e. The fraction of sp³-hybridized carbons (Fsp3) is 0.579. The molecule has 1 heterocycles. The number of nitrogens with one attached hydrogen (secondary N) is 1. The zero-order chi connectivity index (χ0) is 17.9. The number of carbonyl (C=O) groups excluding carboxylic acids is 1. The minimum absolute atomic E-state index is 0.121. The average Bonchev–Trinajstić information content (AvgIpc) is 3.23. The molecule has 5 nitrogen and oxygen atoms in total. The number of nitrogens with zero attached hydrogens (tertiary/aromatic N) is 1. The topological polar surface area (TPSA) is 69.6 Å². The molecule has 3 rings (SSSR count). The molecular formula is C19H25FN2O3. The summed E-state index contributed by atoms with van der Waals surface area (Å²) in [5, 5.41) is 12.2. The lowest BCUT2D eigenvalue weighted by atomic mass is 9.79. The normalized spacial score (nSPS) is 22.8. The molecule has 1 aromatic rings. The van der Waals surface area contributed by atoms with E-state index in [1.165, 1.54) is 12.1 Å². The smallest absolute Gasteiger partial charge is 0.320 e. The first-order valence-electron chi connectivity index (χ1n) is 9.00. The molecule has 0 radical (unpaired) electrons. The Morgan fingerprint density at radius 1 is 1.20 bits per heavy atom. The Bertz CT molecular complexity index is 626. The Labute approximate surface area is 147 Å². The van der Waals surface area contributed by atoms with E-state index in [2.05, 4.69) is 5.32 Å². The first-order valence-corrected chi connectivity index (χ1v) is 9.00. The van der Waals surface area contributed by atoms with Gasteiger partial charge in [0, 0.05) is 12.0 Å². The molecule has 1 saturated heterocycles. The highest BCUT2D eigenvalue weighted by atomic mass is 19.1. The second-order valence-electron chi connectivity index (χ2n) is 7.24. The molecule has 1 aliphatic carbocycles. The van der Waals surface area contributed by atoms with Crippen LogP contribution in [0, 0.1) is 5.82 Å². The van der Waals surface area contributed by atoms with E-state index in [1.807, 2.05) is 12.1 Å². The number of halogens is 1. The van der Waals surface area contributed by atoms with E-state index in [4.69, 9.17) is 0 Å². The third-order valence-corrected chi connectivity index (χ3v) is 5.64. The van der Waals surface area contributed by atoms with Crippen molar-refractivity contribution in [3.8, 4) is 0 Å². The zero-order valence-corrected chi connectivity index (χ0v) is 14.3. The molecule has 1 saturated carbocycles. The number of hydrogen-bond acceptors (Lipinski definition) is 3. The SMILES string of the molecule is O=C(CN1CCC[C@H]1C(=O)O)NCC1(c2ccc(F)cc2)CCCC1. The Balaban J connectivity index is 1.61. The fourth-order valence-electron chi connectivity index (χ4n) is 4.23. The van der Waals surface area contributed by atoms with Gasteiger partial charge in [-0.3, -0.25) is 14.5 Å². The van der Waals surface area contributed by atoms with Gasteiger partial charge in [-0.05, 0) is 49.9 Å². The fourth-order valence-corrected chi connectivity index (χ4v) is 4.23. The van der Waals surface area contributed by atoms with Crippen LogP contribution in [-0.4, -0.2) is 47.6 Å². The molecule has 0 aromatic heterocycles. The van der Waals surface area contributed by atoms with Gasteiger partial charge >= 0.3 is 5.97 Å². The second kappa shape index (κ2) is 7.52. The number of hydrogen-bond donors (Lipinski definition) is 2. The molecule has 2 fully saturated rings. The molecule has 1 aliphatic heterocycles. The Kier molecular flexibility index (Phi) is 5.37. The van der Waals surface area contributed by atoms with Gasteiger partial charge in [-0.15, -0.1) is 0 Å². The van der Waals surface area contributed by atoms with Crippen LogP contribution in [0.5, 0.6) is 0 Å². The lowest BCUT2D eigenvalue weighted by Crippen LogP contribution is -2.46. The van der Waals surface area contributed by atoms with Crippen molar-refractivity contribution in [3.05, 3.63) is 35.6 Å². The van der Waals surface area contributed by atoms with Gasteiger partial charge in [0.05, 0.1) is 6.54 Å². The van der Waals surface area contributed by atoms with E-state index < -0.39 is 12.0 Å². The monoisotopic (exact) mass is 348 g/mol. The Morgan fingerprint density at radius 3 is 2.52 bits per heavy atom. The summed E-state index contributed by atoms with van der Waals surface area (Å²) in [4.78, 5) is 25.3. The van der Waals surface area contributed by atoms with Crippen LogP contribution in [0.4, 0.5) is 4.39 Å². The van der Waals surface area contributed by atoms with E-state index in [0.717, 1.165) is 37.7 Å². The number of carboxylic acids is 1. The van der Waals surface area contributed by atoms with Crippen LogP contribution in [0.2, 0.25) is 0 Å². The number of aliphatic carboxylic acids is 1. The quantitative estimate of drug-likeness (QED) is 0.828. The maximum absolute atomic E-state index is 13.2. The first-order chi connectivity index (χ1) is 12.0. The molecule has 2 N–H and O–H groups in total. The third kappa shape index (κ3) is 4.00. The molecule has 0 bridgehead atoms. The van der Waals surface area contributed by atoms with Crippen molar-refractivity contribution < 1.29 is 19.1 Å². The maximum Gasteiger partial charge on any atom is 0.320 e. The predicted molar refractivity (Wildman–Crippen MR) is 91.8 cm³/mol. The first kappa shape index (κ1) is 17.9. The summed E-state index contributed by atoms with van der Waals surface area (Å²) in [7, 11) is 0. The minimum atomic E-state index is -0.858. The lowest BCUT2D eigenvalue weighted by molar-refractivity contribution is -0.142. The summed E-state index contributed by atoms with van der Waals surface area (Å²) in [6.45, 7) is 1.28. The highest BCUT2D eigenvalue weighted by Crippen LogP contribution is 2.40. The average molecular weight is 348 g/mol. The van der Waals surface area contributed by atoms with Crippen LogP contribution in [0.15, 0.2) is 24.3 Å². The van der Waals surface area contributed by atoms with E-state index in [9.17, 15) is 19.1 Å². The summed E-state index contributed by atoms with van der Waals surface area (Å²) in [5.41, 5.74) is 0.928. The number of rotatable bonds is 6. The van der Waals surface area contributed by atoms with E-state index in [-0.39, 0.29) is 23.7 Å². The van der Waals surface area contributed by atoms with Crippen LogP contribution >= 0.6 is 0 Å². The van der Waals surface area contributed by atoms with Crippen molar-refractivity contribution in [2.24, 2.45) is 0 Å². The summed E-state index contributed by atoms with van der Waals surface area (Å²) >= 11 is 0. The van der Waals surface area contributed by atoms with Gasteiger partial charge in [0.2, 0.25) is 5.91 Å². The van der Waals surface area contributed by atoms with Gasteiger partial charge in [0.15, 0.2) is 0 Å². The number of carboxylic acid groups (broad SMARTS) is 1. The highest BCUT2D eigenvalue weighted by molar-refractivity contribution is 5.80. The summed E-state index contributed by atoms with van der Waals surface area (Å²) < 4.78 is 13.2. The molecule has 25 heavy (non-hydrogen) atoms. The zero-order valence-electron chi connectivity index (χ0n) is 14.3. The van der Waals surface area contributed by atoms with E-state index in [1.54, 1.807) is 4.90 Å². The predicted octanol–water partition coefficient (Wildman–Crippen LogP) is 2.30. The van der Waals surface area contributed by atoms with Crippen LogP contribution in [-0.2, 0) is 15.0 Å². The van der Waals surface area contributed by atoms with Crippen molar-refractivity contribution in [1.82, 2.24) is 10.2 Å². The van der Waals surface area contributed by atoms with Crippen molar-refractivity contribution >= 4 is 11.9 Å². The van der Waals surface area contributed by atoms with E-state index in [0.29, 0.717) is 19.5 Å². The van der Waals surface area contributed by atoms with Crippen LogP contribution in [0.25, 0.3) is 0 Å². The maximum atomic E-state index is 13.2. The standard InChI is InChI=1S/C19H25FN2O3/c20-15-7-5-14(6-8-15)19(9-1-2-10-19)13-21-17(23)12-22-11-3-4-16(22)18(24)25/h5-8,16H,1-4,9-13H2,(H,21,23)(H,24,25)/t16-/m0/s1. The van der Waals surface area contributed by atoms with Crippen molar-refractivity contribution in [2.45, 2.75) is 50.0 Å². The van der Waals surface area contributed by atoms with E-state index >= 15 is 0 Å². The van der Waals surface area contributed by atoms with Gasteiger partial charge in [-0.1, -0.05) is 25.0 Å². The van der Waals surface area contributed by atoms with Crippen molar-refractivity contribution in [3.63, 3.8) is 0 Å². The number of amides is 1. The van der Waals surface area contributed by atoms with Crippen molar-refractivity contribution in [2.75, 3.05) is 19.6 Å². The minimum Gasteiger partial charge on any atom is -0.480 e. The second-order valence-corrected chi connectivity index (χ2v) is 7.24. The van der Waals surface area contributed by atoms with Gasteiger partial charge < -0.3 is 10.4 Å². The molecule has 1 atom stereocenters. The summed E-state index contributed by atoms with van der Waals surface area (Å²) in [6.07, 6.45) is 5.55. The van der Waals surface area contributed by atoms with Crippen LogP contribution < -0.4 is 5.32 Å². The molecular weight excluding hydrogens is 323 g/mol. The molecule has 136 valence electrons. The molecule has 1 amide bonds. The molecule has 6 heteroatoms. The van der Waals surface area contributed by atoms with Gasteiger partial charge in [0.1, 0.15) is 11.9 Å². The summed E-state index contributed by atoms with van der Waals surface area (Å²) in [6, 6.07) is 6.02. The van der Waals surface area contributed by atoms with Crippen LogP contribution in [0.3, 0.4) is 0 Å². The highest BCUT2D eigenvalue weighted by Gasteiger charge is 2.37. The third-order valence-electron chi connectivity index (χ3n) is 5.64. The Morgan fingerprint density at radius 2 is 1.88 bits per heavy atom. The molecule has 0 unspecified atom stereocenters. The molecule has 1 aromatic carbocycles.